The maximum atomic E-state index is 13.2. The van der Waals surface area contributed by atoms with E-state index < -0.39 is 0 Å². The van der Waals surface area contributed by atoms with E-state index in [9.17, 15) is 14.0 Å². The van der Waals surface area contributed by atoms with Gasteiger partial charge >= 0.3 is 0 Å². The van der Waals surface area contributed by atoms with Crippen LogP contribution in [0.4, 0.5) is 10.1 Å². The SMILES string of the molecule is CC(=O)Nc1cccc(C(=O)N(CCc2ccc(F)cc2)C2CCCC2)c1. The van der Waals surface area contributed by atoms with Crippen LogP contribution in [0.15, 0.2) is 48.5 Å². The van der Waals surface area contributed by atoms with Crippen LogP contribution in [0, 0.1) is 5.82 Å². The van der Waals surface area contributed by atoms with Crippen molar-refractivity contribution in [3.63, 3.8) is 0 Å². The molecule has 0 aliphatic heterocycles. The van der Waals surface area contributed by atoms with Crippen LogP contribution in [0.5, 0.6) is 0 Å². The predicted octanol–water partition coefficient (Wildman–Crippen LogP) is 4.41. The Labute approximate surface area is 159 Å². The van der Waals surface area contributed by atoms with E-state index >= 15 is 0 Å². The molecule has 1 aliphatic rings. The summed E-state index contributed by atoms with van der Waals surface area (Å²) in [6, 6.07) is 13.7. The largest absolute Gasteiger partial charge is 0.335 e. The number of hydrogen-bond donors (Lipinski definition) is 1. The van der Waals surface area contributed by atoms with Crippen LogP contribution in [0.1, 0.15) is 48.5 Å². The van der Waals surface area contributed by atoms with Crippen molar-refractivity contribution in [1.82, 2.24) is 4.90 Å². The molecule has 27 heavy (non-hydrogen) atoms. The van der Waals surface area contributed by atoms with Crippen LogP contribution in [0.2, 0.25) is 0 Å². The van der Waals surface area contributed by atoms with Crippen LogP contribution in [0.25, 0.3) is 0 Å². The molecule has 2 aromatic carbocycles. The maximum absolute atomic E-state index is 13.2. The van der Waals surface area contributed by atoms with Gasteiger partial charge < -0.3 is 10.2 Å². The molecule has 0 spiro atoms. The van der Waals surface area contributed by atoms with Gasteiger partial charge in [-0.1, -0.05) is 31.0 Å². The Morgan fingerprint density at radius 3 is 2.48 bits per heavy atom. The quantitative estimate of drug-likeness (QED) is 0.821. The summed E-state index contributed by atoms with van der Waals surface area (Å²) in [5, 5.41) is 2.73. The third kappa shape index (κ3) is 5.16. The molecule has 1 fully saturated rings. The van der Waals surface area contributed by atoms with E-state index in [1.807, 2.05) is 4.90 Å². The highest BCUT2D eigenvalue weighted by Gasteiger charge is 2.27. The highest BCUT2D eigenvalue weighted by atomic mass is 19.1. The lowest BCUT2D eigenvalue weighted by Gasteiger charge is -2.29. The first-order valence-electron chi connectivity index (χ1n) is 9.46. The summed E-state index contributed by atoms with van der Waals surface area (Å²) in [4.78, 5) is 26.4. The molecule has 0 unspecified atom stereocenters. The highest BCUT2D eigenvalue weighted by Crippen LogP contribution is 2.26. The summed E-state index contributed by atoms with van der Waals surface area (Å²) in [7, 11) is 0. The van der Waals surface area contributed by atoms with E-state index in [4.69, 9.17) is 0 Å². The molecule has 2 amide bonds. The summed E-state index contributed by atoms with van der Waals surface area (Å²) in [5.74, 6) is -0.433. The van der Waals surface area contributed by atoms with E-state index in [-0.39, 0.29) is 23.7 Å². The van der Waals surface area contributed by atoms with Crippen LogP contribution in [-0.4, -0.2) is 29.3 Å². The molecule has 4 nitrogen and oxygen atoms in total. The van der Waals surface area contributed by atoms with Gasteiger partial charge in [-0.25, -0.2) is 4.39 Å². The number of carbonyl (C=O) groups is 2. The van der Waals surface area contributed by atoms with Crippen molar-refractivity contribution < 1.29 is 14.0 Å². The first-order valence-corrected chi connectivity index (χ1v) is 9.46. The number of nitrogens with zero attached hydrogens (tertiary/aromatic N) is 1. The molecule has 1 aliphatic carbocycles. The summed E-state index contributed by atoms with van der Waals surface area (Å²) in [6.07, 6.45) is 4.99. The topological polar surface area (TPSA) is 49.4 Å². The summed E-state index contributed by atoms with van der Waals surface area (Å²) >= 11 is 0. The smallest absolute Gasteiger partial charge is 0.254 e. The van der Waals surface area contributed by atoms with Crippen molar-refractivity contribution in [2.75, 3.05) is 11.9 Å². The van der Waals surface area contributed by atoms with Gasteiger partial charge in [-0.3, -0.25) is 9.59 Å². The lowest BCUT2D eigenvalue weighted by atomic mass is 10.1. The summed E-state index contributed by atoms with van der Waals surface area (Å²) in [6.45, 7) is 2.04. The zero-order chi connectivity index (χ0) is 19.2. The average Bonchev–Trinajstić information content (AvgIpc) is 3.17. The van der Waals surface area contributed by atoms with Crippen molar-refractivity contribution >= 4 is 17.5 Å². The maximum Gasteiger partial charge on any atom is 0.254 e. The normalized spacial score (nSPS) is 14.1. The second kappa shape index (κ2) is 8.80. The number of nitrogens with one attached hydrogen (secondary N) is 1. The van der Waals surface area contributed by atoms with E-state index in [1.54, 1.807) is 36.4 Å². The second-order valence-corrected chi connectivity index (χ2v) is 7.08. The Hall–Kier alpha value is -2.69. The van der Waals surface area contributed by atoms with E-state index in [0.717, 1.165) is 31.2 Å². The van der Waals surface area contributed by atoms with Gasteiger partial charge in [0.15, 0.2) is 0 Å². The Kier molecular flexibility index (Phi) is 6.22. The molecule has 1 saturated carbocycles. The van der Waals surface area contributed by atoms with Gasteiger partial charge in [0, 0.05) is 30.8 Å². The molecule has 142 valence electrons. The number of carbonyl (C=O) groups excluding carboxylic acids is 2. The summed E-state index contributed by atoms with van der Waals surface area (Å²) < 4.78 is 13.1. The van der Waals surface area contributed by atoms with Crippen molar-refractivity contribution in [1.29, 1.82) is 0 Å². The Balaban J connectivity index is 1.76. The van der Waals surface area contributed by atoms with Gasteiger partial charge in [-0.05, 0) is 55.2 Å². The van der Waals surface area contributed by atoms with Gasteiger partial charge in [0.05, 0.1) is 0 Å². The third-order valence-electron chi connectivity index (χ3n) is 5.01. The molecular formula is C22H25FN2O2. The first kappa shape index (κ1) is 19.1. The molecule has 1 N–H and O–H groups in total. The number of anilines is 1. The Morgan fingerprint density at radius 1 is 1.11 bits per heavy atom. The molecule has 0 heterocycles. The predicted molar refractivity (Wildman–Crippen MR) is 104 cm³/mol. The van der Waals surface area contributed by atoms with E-state index in [2.05, 4.69) is 5.32 Å². The summed E-state index contributed by atoms with van der Waals surface area (Å²) in [5.41, 5.74) is 2.21. The zero-order valence-corrected chi connectivity index (χ0v) is 15.6. The van der Waals surface area contributed by atoms with Crippen LogP contribution < -0.4 is 5.32 Å². The van der Waals surface area contributed by atoms with Crippen molar-refractivity contribution in [2.45, 2.75) is 45.1 Å². The molecule has 0 saturated heterocycles. The molecule has 0 aromatic heterocycles. The first-order chi connectivity index (χ1) is 13.0. The molecule has 2 aromatic rings. The zero-order valence-electron chi connectivity index (χ0n) is 15.6. The standard InChI is InChI=1S/C22H25FN2O2/c1-16(26)24-20-6-4-5-18(15-20)22(27)25(21-7-2-3-8-21)14-13-17-9-11-19(23)12-10-17/h4-6,9-12,15,21H,2-3,7-8,13-14H2,1H3,(H,24,26). The van der Waals surface area contributed by atoms with Gasteiger partial charge in [-0.2, -0.15) is 0 Å². The fraction of sp³-hybridized carbons (Fsp3) is 0.364. The Bertz CT molecular complexity index is 798. The Morgan fingerprint density at radius 2 is 1.81 bits per heavy atom. The fourth-order valence-corrected chi connectivity index (χ4v) is 3.67. The van der Waals surface area contributed by atoms with E-state index in [0.29, 0.717) is 24.2 Å². The number of amides is 2. The lowest BCUT2D eigenvalue weighted by molar-refractivity contribution is -0.114. The lowest BCUT2D eigenvalue weighted by Crippen LogP contribution is -2.40. The molecular weight excluding hydrogens is 343 g/mol. The molecule has 3 rings (SSSR count). The number of halogens is 1. The minimum absolute atomic E-state index is 0.0174. The van der Waals surface area contributed by atoms with Crippen LogP contribution in [-0.2, 0) is 11.2 Å². The van der Waals surface area contributed by atoms with Gasteiger partial charge in [-0.15, -0.1) is 0 Å². The van der Waals surface area contributed by atoms with Crippen LogP contribution >= 0.6 is 0 Å². The molecule has 0 radical (unpaired) electrons. The van der Waals surface area contributed by atoms with Gasteiger partial charge in [0.25, 0.3) is 5.91 Å². The third-order valence-corrected chi connectivity index (χ3v) is 5.01. The second-order valence-electron chi connectivity index (χ2n) is 7.08. The van der Waals surface area contributed by atoms with Gasteiger partial charge in [0.2, 0.25) is 5.91 Å². The minimum atomic E-state index is -0.253. The van der Waals surface area contributed by atoms with Crippen molar-refractivity contribution in [3.8, 4) is 0 Å². The average molecular weight is 368 g/mol. The monoisotopic (exact) mass is 368 g/mol. The molecule has 0 bridgehead atoms. The fourth-order valence-electron chi connectivity index (χ4n) is 3.67. The van der Waals surface area contributed by atoms with Gasteiger partial charge in [0.1, 0.15) is 5.82 Å². The van der Waals surface area contributed by atoms with Crippen molar-refractivity contribution in [3.05, 3.63) is 65.5 Å². The number of hydrogen-bond acceptors (Lipinski definition) is 2. The molecule has 0 atom stereocenters. The minimum Gasteiger partial charge on any atom is -0.335 e. The molecule has 5 heteroatoms. The van der Waals surface area contributed by atoms with Crippen molar-refractivity contribution in [2.24, 2.45) is 0 Å². The van der Waals surface area contributed by atoms with E-state index in [1.165, 1.54) is 19.1 Å². The highest BCUT2D eigenvalue weighted by molar-refractivity contribution is 5.97. The number of benzene rings is 2. The van der Waals surface area contributed by atoms with Crippen LogP contribution in [0.3, 0.4) is 0 Å². The number of rotatable bonds is 6.